The minimum atomic E-state index is 0.816. The first-order chi connectivity index (χ1) is 14.3. The van der Waals surface area contributed by atoms with E-state index in [9.17, 15) is 0 Å². The van der Waals surface area contributed by atoms with Crippen molar-refractivity contribution in [3.8, 4) is 0 Å². The van der Waals surface area contributed by atoms with E-state index in [4.69, 9.17) is 0 Å². The highest BCUT2D eigenvalue weighted by Gasteiger charge is 2.14. The monoisotopic (exact) mass is 387 g/mol. The van der Waals surface area contributed by atoms with Crippen LogP contribution in [0, 0.1) is 6.92 Å². The van der Waals surface area contributed by atoms with Crippen molar-refractivity contribution in [3.05, 3.63) is 83.4 Å². The van der Waals surface area contributed by atoms with E-state index >= 15 is 0 Å². The van der Waals surface area contributed by atoms with Crippen LogP contribution in [0.1, 0.15) is 41.5 Å². The van der Waals surface area contributed by atoms with Crippen LogP contribution in [-0.2, 0) is 19.6 Å². The Balaban J connectivity index is 1.47. The number of hydrogen-bond donors (Lipinski definition) is 0. The van der Waals surface area contributed by atoms with Gasteiger partial charge >= 0.3 is 0 Å². The van der Waals surface area contributed by atoms with Crippen molar-refractivity contribution in [3.63, 3.8) is 0 Å². The van der Waals surface area contributed by atoms with Crippen LogP contribution in [0.3, 0.4) is 0 Å². The van der Waals surface area contributed by atoms with Crippen LogP contribution < -0.4 is 4.90 Å². The first kappa shape index (κ1) is 19.5. The third kappa shape index (κ3) is 5.61. The topological polar surface area (TPSA) is 45.2 Å². The van der Waals surface area contributed by atoms with E-state index in [0.717, 1.165) is 44.2 Å². The third-order valence-corrected chi connectivity index (χ3v) is 5.42. The fourth-order valence-corrected chi connectivity index (χ4v) is 3.81. The van der Waals surface area contributed by atoms with Crippen molar-refractivity contribution in [2.24, 2.45) is 0 Å². The molecule has 0 saturated carbocycles. The lowest BCUT2D eigenvalue weighted by Gasteiger charge is -2.27. The number of aryl methyl sites for hydroxylation is 1. The molecule has 1 aliphatic heterocycles. The van der Waals surface area contributed by atoms with Crippen LogP contribution in [0.5, 0.6) is 0 Å². The van der Waals surface area contributed by atoms with Crippen molar-refractivity contribution in [1.29, 1.82) is 0 Å². The van der Waals surface area contributed by atoms with Gasteiger partial charge < -0.3 is 4.90 Å². The molecule has 5 nitrogen and oxygen atoms in total. The first-order valence-corrected chi connectivity index (χ1v) is 10.5. The summed E-state index contributed by atoms with van der Waals surface area (Å²) < 4.78 is 0. The molecular formula is C24H29N5. The predicted molar refractivity (Wildman–Crippen MR) is 116 cm³/mol. The maximum Gasteiger partial charge on any atom is 0.225 e. The van der Waals surface area contributed by atoms with Crippen molar-refractivity contribution < 1.29 is 0 Å². The normalized spacial score (nSPS) is 14.3. The van der Waals surface area contributed by atoms with Gasteiger partial charge in [0.05, 0.1) is 0 Å². The Labute approximate surface area is 173 Å². The maximum atomic E-state index is 4.66. The average Bonchev–Trinajstić information content (AvgIpc) is 2.77. The molecule has 2 aromatic heterocycles. The molecule has 1 aliphatic rings. The number of aromatic nitrogens is 3. The highest BCUT2D eigenvalue weighted by molar-refractivity contribution is 5.30. The molecular weight excluding hydrogens is 358 g/mol. The number of pyridine rings is 1. The highest BCUT2D eigenvalue weighted by Crippen LogP contribution is 2.17. The second kappa shape index (κ2) is 9.61. The molecule has 4 rings (SSSR count). The molecule has 5 heteroatoms. The summed E-state index contributed by atoms with van der Waals surface area (Å²) in [6, 6.07) is 12.9. The maximum absolute atomic E-state index is 4.66. The Morgan fingerprint density at radius 2 is 1.34 bits per heavy atom. The van der Waals surface area contributed by atoms with Crippen molar-refractivity contribution >= 4 is 5.95 Å². The molecule has 0 aliphatic carbocycles. The molecule has 0 N–H and O–H groups in total. The van der Waals surface area contributed by atoms with Gasteiger partial charge in [-0.05, 0) is 49.4 Å². The summed E-state index contributed by atoms with van der Waals surface area (Å²) in [6.07, 6.45) is 11.5. The first-order valence-electron chi connectivity index (χ1n) is 10.5. The fourth-order valence-electron chi connectivity index (χ4n) is 3.81. The standard InChI is InChI=1S/C24H29N5/c1-20-5-7-21(8-6-20)17-28(18-22-9-11-25-12-10-22)19-23-15-26-24(27-16-23)29-13-3-2-4-14-29/h5-12,15-16H,2-4,13-14,17-19H2,1H3. The van der Waals surface area contributed by atoms with Gasteiger partial charge in [-0.15, -0.1) is 0 Å². The SMILES string of the molecule is Cc1ccc(CN(Cc2ccncc2)Cc2cnc(N3CCCCC3)nc2)cc1. The van der Waals surface area contributed by atoms with E-state index in [1.54, 1.807) is 0 Å². The Hall–Kier alpha value is -2.79. The van der Waals surface area contributed by atoms with Gasteiger partial charge in [-0.1, -0.05) is 29.8 Å². The molecule has 0 unspecified atom stereocenters. The minimum absolute atomic E-state index is 0.816. The van der Waals surface area contributed by atoms with Crippen molar-refractivity contribution in [2.45, 2.75) is 45.8 Å². The average molecular weight is 388 g/mol. The molecule has 0 spiro atoms. The summed E-state index contributed by atoms with van der Waals surface area (Å²) in [5, 5.41) is 0. The predicted octanol–water partition coefficient (Wildman–Crippen LogP) is 4.37. The molecule has 0 bridgehead atoms. The molecule has 1 saturated heterocycles. The van der Waals surface area contributed by atoms with Crippen LogP contribution in [0.2, 0.25) is 0 Å². The van der Waals surface area contributed by atoms with Gasteiger partial charge in [0.2, 0.25) is 5.95 Å². The van der Waals surface area contributed by atoms with Crippen molar-refractivity contribution in [1.82, 2.24) is 19.9 Å². The fraction of sp³-hybridized carbons (Fsp3) is 0.375. The summed E-state index contributed by atoms with van der Waals surface area (Å²) in [7, 11) is 0. The summed E-state index contributed by atoms with van der Waals surface area (Å²) in [5.41, 5.74) is 5.01. The number of piperidine rings is 1. The molecule has 0 atom stereocenters. The van der Waals surface area contributed by atoms with Gasteiger partial charge in [-0.25, -0.2) is 9.97 Å². The van der Waals surface area contributed by atoms with E-state index < -0.39 is 0 Å². The van der Waals surface area contributed by atoms with Gasteiger partial charge in [0.15, 0.2) is 0 Å². The molecule has 3 heterocycles. The van der Waals surface area contributed by atoms with Crippen molar-refractivity contribution in [2.75, 3.05) is 18.0 Å². The lowest BCUT2D eigenvalue weighted by atomic mass is 10.1. The Bertz CT molecular complexity index is 871. The van der Waals surface area contributed by atoms with Crippen LogP contribution in [0.4, 0.5) is 5.95 Å². The Morgan fingerprint density at radius 3 is 2.00 bits per heavy atom. The zero-order valence-corrected chi connectivity index (χ0v) is 17.2. The zero-order chi connectivity index (χ0) is 19.9. The van der Waals surface area contributed by atoms with Gasteiger partial charge in [0.1, 0.15) is 0 Å². The minimum Gasteiger partial charge on any atom is -0.341 e. The largest absolute Gasteiger partial charge is 0.341 e. The second-order valence-corrected chi connectivity index (χ2v) is 7.93. The lowest BCUT2D eigenvalue weighted by Crippen LogP contribution is -2.31. The summed E-state index contributed by atoms with van der Waals surface area (Å²) in [5.74, 6) is 0.868. The quantitative estimate of drug-likeness (QED) is 0.602. The second-order valence-electron chi connectivity index (χ2n) is 7.93. The third-order valence-electron chi connectivity index (χ3n) is 5.42. The van der Waals surface area contributed by atoms with Crippen LogP contribution >= 0.6 is 0 Å². The summed E-state index contributed by atoms with van der Waals surface area (Å²) >= 11 is 0. The Kier molecular flexibility index (Phi) is 6.47. The van der Waals surface area contributed by atoms with Crippen LogP contribution in [-0.4, -0.2) is 32.9 Å². The number of nitrogens with zero attached hydrogens (tertiary/aromatic N) is 5. The van der Waals surface area contributed by atoms with Gasteiger partial charge in [0.25, 0.3) is 0 Å². The Morgan fingerprint density at radius 1 is 0.759 bits per heavy atom. The van der Waals surface area contributed by atoms with E-state index in [1.807, 2.05) is 24.8 Å². The number of rotatable bonds is 7. The molecule has 0 amide bonds. The number of hydrogen-bond acceptors (Lipinski definition) is 5. The van der Waals surface area contributed by atoms with Crippen LogP contribution in [0.15, 0.2) is 61.2 Å². The smallest absolute Gasteiger partial charge is 0.225 e. The molecule has 0 radical (unpaired) electrons. The molecule has 1 aromatic carbocycles. The molecule has 29 heavy (non-hydrogen) atoms. The van der Waals surface area contributed by atoms with Gasteiger partial charge in [-0.3, -0.25) is 9.88 Å². The summed E-state index contributed by atoms with van der Waals surface area (Å²) in [6.45, 7) is 6.83. The zero-order valence-electron chi connectivity index (χ0n) is 17.2. The molecule has 3 aromatic rings. The van der Waals surface area contributed by atoms with Gasteiger partial charge in [0, 0.05) is 63.1 Å². The summed E-state index contributed by atoms with van der Waals surface area (Å²) in [4.78, 5) is 18.2. The number of benzene rings is 1. The number of anilines is 1. The van der Waals surface area contributed by atoms with E-state index in [-0.39, 0.29) is 0 Å². The lowest BCUT2D eigenvalue weighted by molar-refractivity contribution is 0.247. The van der Waals surface area contributed by atoms with Crippen LogP contribution in [0.25, 0.3) is 0 Å². The molecule has 1 fully saturated rings. The van der Waals surface area contributed by atoms with E-state index in [1.165, 1.54) is 36.0 Å². The van der Waals surface area contributed by atoms with Gasteiger partial charge in [-0.2, -0.15) is 0 Å². The highest BCUT2D eigenvalue weighted by atomic mass is 15.2. The van der Waals surface area contributed by atoms with E-state index in [0.29, 0.717) is 0 Å². The molecule has 150 valence electrons. The van der Waals surface area contributed by atoms with E-state index in [2.05, 4.69) is 68.1 Å².